The number of aromatic nitrogens is 2. The molecule has 1 aromatic rings. The average molecular weight is 596 g/mol. The van der Waals surface area contributed by atoms with Gasteiger partial charge >= 0.3 is 0 Å². The highest BCUT2D eigenvalue weighted by molar-refractivity contribution is 5.25. The second-order valence-electron chi connectivity index (χ2n) is 16.2. The van der Waals surface area contributed by atoms with Gasteiger partial charge in [-0.2, -0.15) is 0 Å². The van der Waals surface area contributed by atoms with Crippen LogP contribution in [0.2, 0.25) is 0 Å². The summed E-state index contributed by atoms with van der Waals surface area (Å²) in [6, 6.07) is 0. The number of nitrogens with one attached hydrogen (secondary N) is 2. The molecule has 1 saturated heterocycles. The van der Waals surface area contributed by atoms with E-state index in [-0.39, 0.29) is 18.4 Å². The first-order chi connectivity index (χ1) is 20.7. The Labute approximate surface area is 261 Å². The number of aromatic amines is 1. The molecule has 0 bridgehead atoms. The van der Waals surface area contributed by atoms with Gasteiger partial charge in [0.1, 0.15) is 6.23 Å². The number of imidazole rings is 1. The van der Waals surface area contributed by atoms with Crippen molar-refractivity contribution in [3.63, 3.8) is 0 Å². The van der Waals surface area contributed by atoms with Gasteiger partial charge in [0.25, 0.3) is 0 Å². The Balaban J connectivity index is 0.965. The number of allylic oxidation sites excluding steroid dienone is 1. The molecule has 43 heavy (non-hydrogen) atoms. The van der Waals surface area contributed by atoms with Crippen LogP contribution in [-0.2, 0) is 15.9 Å². The van der Waals surface area contributed by atoms with Crippen LogP contribution >= 0.6 is 0 Å². The van der Waals surface area contributed by atoms with E-state index in [2.05, 4.69) is 56.0 Å². The minimum atomic E-state index is -0.700. The first-order valence-electron chi connectivity index (χ1n) is 18.1. The molecule has 0 aromatic carbocycles. The van der Waals surface area contributed by atoms with E-state index < -0.39 is 6.29 Å². The number of aliphatic hydroxyl groups excluding tert-OH is 1. The molecule has 5 aliphatic rings. The lowest BCUT2D eigenvalue weighted by Gasteiger charge is -2.58. The van der Waals surface area contributed by atoms with E-state index in [0.29, 0.717) is 17.3 Å². The second-order valence-corrected chi connectivity index (χ2v) is 16.2. The van der Waals surface area contributed by atoms with Gasteiger partial charge in [0.15, 0.2) is 6.29 Å². The van der Waals surface area contributed by atoms with Crippen LogP contribution in [0.15, 0.2) is 24.2 Å². The SMILES string of the molecule is CC(C)CCCC(C)C1CCC2C3CC=C4CC(OC(O)CCC5OC5NCCc5cnc[nH]5)CCC4(C)C3CCC12C. The molecule has 6 rings (SSSR count). The van der Waals surface area contributed by atoms with Crippen molar-refractivity contribution in [3.05, 3.63) is 29.9 Å². The highest BCUT2D eigenvalue weighted by Gasteiger charge is 2.59. The molecule has 4 fully saturated rings. The molecule has 242 valence electrons. The van der Waals surface area contributed by atoms with Gasteiger partial charge in [-0.25, -0.2) is 4.98 Å². The lowest BCUT2D eigenvalue weighted by molar-refractivity contribution is -0.153. The zero-order chi connectivity index (χ0) is 30.2. The Hall–Kier alpha value is -1.21. The van der Waals surface area contributed by atoms with Gasteiger partial charge in [-0.05, 0) is 104 Å². The molecule has 11 atom stereocenters. The molecule has 3 saturated carbocycles. The van der Waals surface area contributed by atoms with E-state index in [1.807, 2.05) is 6.20 Å². The zero-order valence-corrected chi connectivity index (χ0v) is 27.8. The van der Waals surface area contributed by atoms with Crippen LogP contribution in [0.3, 0.4) is 0 Å². The molecule has 1 aromatic heterocycles. The molecule has 6 nitrogen and oxygen atoms in total. The first-order valence-corrected chi connectivity index (χ1v) is 18.1. The highest BCUT2D eigenvalue weighted by atomic mass is 16.6. The van der Waals surface area contributed by atoms with Crippen molar-refractivity contribution in [1.82, 2.24) is 15.3 Å². The summed E-state index contributed by atoms with van der Waals surface area (Å²) < 4.78 is 12.0. The van der Waals surface area contributed by atoms with Crippen LogP contribution in [0.5, 0.6) is 0 Å². The summed E-state index contributed by atoms with van der Waals surface area (Å²) in [5, 5.41) is 14.2. The van der Waals surface area contributed by atoms with Gasteiger partial charge in [0.05, 0.1) is 18.5 Å². The van der Waals surface area contributed by atoms with E-state index in [1.165, 1.54) is 57.8 Å². The van der Waals surface area contributed by atoms with Gasteiger partial charge < -0.3 is 19.6 Å². The number of H-pyrrole nitrogens is 1. The third-order valence-corrected chi connectivity index (χ3v) is 13.2. The summed E-state index contributed by atoms with van der Waals surface area (Å²) >= 11 is 0. The van der Waals surface area contributed by atoms with Crippen LogP contribution in [0.4, 0.5) is 0 Å². The van der Waals surface area contributed by atoms with Gasteiger partial charge in [-0.1, -0.05) is 65.5 Å². The average Bonchev–Trinajstić information content (AvgIpc) is 3.32. The summed E-state index contributed by atoms with van der Waals surface area (Å²) in [6.07, 6.45) is 22.9. The number of epoxide rings is 1. The van der Waals surface area contributed by atoms with Crippen molar-refractivity contribution in [2.75, 3.05) is 6.54 Å². The number of nitrogens with zero attached hydrogens (tertiary/aromatic N) is 1. The highest BCUT2D eigenvalue weighted by Crippen LogP contribution is 2.67. The number of rotatable bonds is 14. The Morgan fingerprint density at radius 3 is 2.74 bits per heavy atom. The van der Waals surface area contributed by atoms with Crippen LogP contribution in [0, 0.1) is 46.3 Å². The van der Waals surface area contributed by atoms with Gasteiger partial charge in [-0.3, -0.25) is 5.32 Å². The molecule has 3 N–H and O–H groups in total. The van der Waals surface area contributed by atoms with Gasteiger partial charge in [-0.15, -0.1) is 0 Å². The van der Waals surface area contributed by atoms with Crippen LogP contribution in [0.25, 0.3) is 0 Å². The normalized spacial score (nSPS) is 40.0. The maximum Gasteiger partial charge on any atom is 0.155 e. The summed E-state index contributed by atoms with van der Waals surface area (Å²) in [5.41, 5.74) is 3.65. The van der Waals surface area contributed by atoms with E-state index in [4.69, 9.17) is 9.47 Å². The van der Waals surface area contributed by atoms with Crippen molar-refractivity contribution in [2.45, 2.75) is 149 Å². The summed E-state index contributed by atoms with van der Waals surface area (Å²) in [5.74, 6) is 5.22. The fraction of sp³-hybridized carbons (Fsp3) is 0.865. The molecular formula is C37H61N3O3. The van der Waals surface area contributed by atoms with E-state index in [1.54, 1.807) is 11.9 Å². The third-order valence-electron chi connectivity index (χ3n) is 13.2. The summed E-state index contributed by atoms with van der Waals surface area (Å²) in [6.45, 7) is 13.5. The standard InChI is InChI=1S/C37H61N3O3/c1-24(2)7-6-8-25(3)30-11-12-31-29-10-9-26-21-28(15-18-36(26,4)32(29)16-19-37(30,31)5)42-34(41)14-13-33-35(43-33)39-20-17-27-22-38-23-40-27/h9,22-25,28-35,39,41H,6-8,10-21H2,1-5H3,(H,38,40). The Morgan fingerprint density at radius 2 is 1.95 bits per heavy atom. The van der Waals surface area contributed by atoms with E-state index in [0.717, 1.165) is 73.4 Å². The van der Waals surface area contributed by atoms with Crippen molar-refractivity contribution >= 4 is 0 Å². The van der Waals surface area contributed by atoms with Crippen molar-refractivity contribution in [2.24, 2.45) is 46.3 Å². The molecule has 0 radical (unpaired) electrons. The topological polar surface area (TPSA) is 82.7 Å². The third kappa shape index (κ3) is 6.83. The summed E-state index contributed by atoms with van der Waals surface area (Å²) in [7, 11) is 0. The Kier molecular flexibility index (Phi) is 9.79. The number of hydrogen-bond donors (Lipinski definition) is 3. The maximum atomic E-state index is 10.8. The molecule has 0 amide bonds. The Morgan fingerprint density at radius 1 is 1.09 bits per heavy atom. The quantitative estimate of drug-likeness (QED) is 0.116. The van der Waals surface area contributed by atoms with Crippen molar-refractivity contribution < 1.29 is 14.6 Å². The molecule has 6 heteroatoms. The fourth-order valence-electron chi connectivity index (χ4n) is 10.7. The van der Waals surface area contributed by atoms with Crippen LogP contribution in [-0.4, -0.2) is 46.3 Å². The predicted molar refractivity (Wildman–Crippen MR) is 172 cm³/mol. The minimum Gasteiger partial charge on any atom is -0.368 e. The number of ether oxygens (including phenoxy) is 2. The predicted octanol–water partition coefficient (Wildman–Crippen LogP) is 7.79. The molecule has 1 aliphatic heterocycles. The van der Waals surface area contributed by atoms with E-state index >= 15 is 0 Å². The lowest BCUT2D eigenvalue weighted by Crippen LogP contribution is -2.51. The van der Waals surface area contributed by atoms with Crippen LogP contribution < -0.4 is 5.32 Å². The Bertz CT molecular complexity index is 1070. The molecule has 11 unspecified atom stereocenters. The minimum absolute atomic E-state index is 0.103. The summed E-state index contributed by atoms with van der Waals surface area (Å²) in [4.78, 5) is 7.20. The van der Waals surface area contributed by atoms with Crippen LogP contribution in [0.1, 0.15) is 124 Å². The van der Waals surface area contributed by atoms with Gasteiger partial charge in [0, 0.05) is 31.3 Å². The van der Waals surface area contributed by atoms with E-state index in [9.17, 15) is 5.11 Å². The fourth-order valence-corrected chi connectivity index (χ4v) is 10.7. The number of fused-ring (bicyclic) bond motifs is 5. The molecule has 4 aliphatic carbocycles. The molecular weight excluding hydrogens is 534 g/mol. The number of hydrogen-bond acceptors (Lipinski definition) is 5. The zero-order valence-electron chi connectivity index (χ0n) is 27.8. The monoisotopic (exact) mass is 595 g/mol. The smallest absolute Gasteiger partial charge is 0.155 e. The molecule has 0 spiro atoms. The first kappa shape index (κ1) is 31.8. The van der Waals surface area contributed by atoms with Crippen molar-refractivity contribution in [3.8, 4) is 0 Å². The maximum absolute atomic E-state index is 10.8. The number of aliphatic hydroxyl groups is 1. The molecule has 2 heterocycles. The van der Waals surface area contributed by atoms with Crippen molar-refractivity contribution in [1.29, 1.82) is 0 Å². The lowest BCUT2D eigenvalue weighted by atomic mass is 9.47. The largest absolute Gasteiger partial charge is 0.368 e. The van der Waals surface area contributed by atoms with Gasteiger partial charge in [0.2, 0.25) is 0 Å². The second kappa shape index (κ2) is 13.3.